The second-order valence-electron chi connectivity index (χ2n) is 5.37. The fraction of sp³-hybridized carbons (Fsp3) is 1.00. The number of unbranched alkanes of at least 4 members (excludes halogenated alkanes) is 2. The van der Waals surface area contributed by atoms with Crippen molar-refractivity contribution in [3.63, 3.8) is 0 Å². The predicted octanol–water partition coefficient (Wildman–Crippen LogP) is 1.92. The van der Waals surface area contributed by atoms with Crippen molar-refractivity contribution in [1.29, 1.82) is 0 Å². The Morgan fingerprint density at radius 1 is 0.400 bits per heavy atom. The molecule has 0 heterocycles. The van der Waals surface area contributed by atoms with E-state index in [0.29, 0.717) is 79.3 Å². The second kappa shape index (κ2) is 23.7. The highest BCUT2D eigenvalue weighted by Gasteiger charge is 1.94. The van der Waals surface area contributed by atoms with Gasteiger partial charge >= 0.3 is 0 Å². The van der Waals surface area contributed by atoms with Crippen LogP contribution in [0.15, 0.2) is 0 Å². The molecule has 0 unspecified atom stereocenters. The Bertz CT molecular complexity index is 207. The highest BCUT2D eigenvalue weighted by Crippen LogP contribution is 1.93. The number of rotatable bonds is 22. The third-order valence-corrected chi connectivity index (χ3v) is 3.18. The van der Waals surface area contributed by atoms with E-state index in [1.54, 1.807) is 7.11 Å². The molecule has 0 N–H and O–H groups in total. The molecule has 0 radical (unpaired) electrons. The van der Waals surface area contributed by atoms with E-state index >= 15 is 0 Å². The van der Waals surface area contributed by atoms with Gasteiger partial charge in [-0.15, -0.1) is 0 Å². The van der Waals surface area contributed by atoms with Gasteiger partial charge in [0, 0.05) is 13.7 Å². The lowest BCUT2D eigenvalue weighted by atomic mass is 10.3. The molecule has 0 amide bonds. The maximum absolute atomic E-state index is 5.45. The zero-order valence-corrected chi connectivity index (χ0v) is 16.2. The lowest BCUT2D eigenvalue weighted by Crippen LogP contribution is -2.14. The van der Waals surface area contributed by atoms with Gasteiger partial charge in [-0.2, -0.15) is 0 Å². The summed E-state index contributed by atoms with van der Waals surface area (Å²) in [6, 6.07) is 0. The molecule has 7 nitrogen and oxygen atoms in total. The quantitative estimate of drug-likeness (QED) is 0.271. The predicted molar refractivity (Wildman–Crippen MR) is 96.3 cm³/mol. The zero-order valence-electron chi connectivity index (χ0n) is 16.2. The SMILES string of the molecule is CCCCCOCCOCCOCCOCCOCCOCCOC. The van der Waals surface area contributed by atoms with Gasteiger partial charge in [-0.3, -0.25) is 0 Å². The van der Waals surface area contributed by atoms with Crippen LogP contribution in [-0.4, -0.2) is 93.0 Å². The van der Waals surface area contributed by atoms with Crippen LogP contribution < -0.4 is 0 Å². The lowest BCUT2D eigenvalue weighted by molar-refractivity contribution is -0.0191. The van der Waals surface area contributed by atoms with Crippen LogP contribution in [0.4, 0.5) is 0 Å². The maximum Gasteiger partial charge on any atom is 0.0701 e. The molecular weight excluding hydrogens is 328 g/mol. The summed E-state index contributed by atoms with van der Waals surface area (Å²) in [5.41, 5.74) is 0. The van der Waals surface area contributed by atoms with E-state index < -0.39 is 0 Å². The molecule has 0 atom stereocenters. The van der Waals surface area contributed by atoms with Gasteiger partial charge in [0.05, 0.1) is 79.3 Å². The third-order valence-electron chi connectivity index (χ3n) is 3.18. The third kappa shape index (κ3) is 23.7. The Hall–Kier alpha value is -0.280. The van der Waals surface area contributed by atoms with Crippen LogP contribution in [0.3, 0.4) is 0 Å². The molecule has 0 bridgehead atoms. The number of hydrogen-bond acceptors (Lipinski definition) is 7. The maximum atomic E-state index is 5.45. The average molecular weight is 366 g/mol. The van der Waals surface area contributed by atoms with E-state index in [-0.39, 0.29) is 0 Å². The largest absolute Gasteiger partial charge is 0.382 e. The lowest BCUT2D eigenvalue weighted by Gasteiger charge is -2.08. The number of methoxy groups -OCH3 is 1. The number of ether oxygens (including phenoxy) is 7. The van der Waals surface area contributed by atoms with Gasteiger partial charge in [0.2, 0.25) is 0 Å². The molecule has 25 heavy (non-hydrogen) atoms. The molecular formula is C18H38O7. The molecule has 0 aliphatic rings. The van der Waals surface area contributed by atoms with Crippen molar-refractivity contribution in [2.24, 2.45) is 0 Å². The summed E-state index contributed by atoms with van der Waals surface area (Å²) in [6.07, 6.45) is 3.58. The standard InChI is InChI=1S/C18H38O7/c1-3-4-5-6-20-9-10-22-13-14-24-17-18-25-16-15-23-12-11-21-8-7-19-2/h3-18H2,1-2H3. The molecule has 0 aliphatic heterocycles. The van der Waals surface area contributed by atoms with E-state index in [0.717, 1.165) is 13.0 Å². The minimum Gasteiger partial charge on any atom is -0.382 e. The molecule has 0 spiro atoms. The Morgan fingerprint density at radius 2 is 0.720 bits per heavy atom. The summed E-state index contributed by atoms with van der Waals surface area (Å²) >= 11 is 0. The van der Waals surface area contributed by atoms with Crippen molar-refractivity contribution in [2.75, 3.05) is 93.0 Å². The van der Waals surface area contributed by atoms with E-state index in [2.05, 4.69) is 6.92 Å². The molecule has 0 aliphatic carbocycles. The van der Waals surface area contributed by atoms with Crippen molar-refractivity contribution in [2.45, 2.75) is 26.2 Å². The van der Waals surface area contributed by atoms with Crippen molar-refractivity contribution >= 4 is 0 Å². The summed E-state index contributed by atoms with van der Waals surface area (Å²) in [4.78, 5) is 0. The van der Waals surface area contributed by atoms with Crippen LogP contribution in [0.25, 0.3) is 0 Å². The summed E-state index contributed by atoms with van der Waals surface area (Å²) in [7, 11) is 1.65. The Morgan fingerprint density at radius 3 is 1.04 bits per heavy atom. The van der Waals surface area contributed by atoms with Crippen molar-refractivity contribution in [1.82, 2.24) is 0 Å². The Balaban J connectivity index is 2.94. The van der Waals surface area contributed by atoms with Gasteiger partial charge < -0.3 is 33.2 Å². The summed E-state index contributed by atoms with van der Waals surface area (Å²) < 4.78 is 37.2. The van der Waals surface area contributed by atoms with Gasteiger partial charge in [-0.05, 0) is 6.42 Å². The van der Waals surface area contributed by atoms with Crippen LogP contribution in [0.1, 0.15) is 26.2 Å². The van der Waals surface area contributed by atoms with Crippen molar-refractivity contribution in [3.8, 4) is 0 Å². The van der Waals surface area contributed by atoms with E-state index in [1.807, 2.05) is 0 Å². The monoisotopic (exact) mass is 366 g/mol. The summed E-state index contributed by atoms with van der Waals surface area (Å²) in [6.45, 7) is 10.1. The summed E-state index contributed by atoms with van der Waals surface area (Å²) in [5, 5.41) is 0. The molecule has 0 aromatic rings. The first-order valence-corrected chi connectivity index (χ1v) is 9.37. The number of hydrogen-bond donors (Lipinski definition) is 0. The normalized spacial score (nSPS) is 11.3. The van der Waals surface area contributed by atoms with Crippen LogP contribution in [0.5, 0.6) is 0 Å². The highest BCUT2D eigenvalue weighted by atomic mass is 16.6. The van der Waals surface area contributed by atoms with Crippen LogP contribution in [-0.2, 0) is 33.2 Å². The van der Waals surface area contributed by atoms with Gasteiger partial charge in [0.15, 0.2) is 0 Å². The van der Waals surface area contributed by atoms with Gasteiger partial charge in [-0.25, -0.2) is 0 Å². The minimum atomic E-state index is 0.563. The molecule has 0 rings (SSSR count). The first-order valence-electron chi connectivity index (χ1n) is 9.37. The zero-order chi connectivity index (χ0) is 18.3. The fourth-order valence-electron chi connectivity index (χ4n) is 1.80. The van der Waals surface area contributed by atoms with Gasteiger partial charge in [-0.1, -0.05) is 19.8 Å². The van der Waals surface area contributed by atoms with Gasteiger partial charge in [0.1, 0.15) is 0 Å². The van der Waals surface area contributed by atoms with Gasteiger partial charge in [0.25, 0.3) is 0 Å². The molecule has 0 saturated carbocycles. The smallest absolute Gasteiger partial charge is 0.0701 e. The Kier molecular flexibility index (Phi) is 23.5. The van der Waals surface area contributed by atoms with E-state index in [4.69, 9.17) is 33.2 Å². The van der Waals surface area contributed by atoms with Crippen LogP contribution in [0.2, 0.25) is 0 Å². The summed E-state index contributed by atoms with van der Waals surface area (Å²) in [5.74, 6) is 0. The fourth-order valence-corrected chi connectivity index (χ4v) is 1.80. The Labute approximate surface area is 153 Å². The van der Waals surface area contributed by atoms with Crippen LogP contribution in [0, 0.1) is 0 Å². The van der Waals surface area contributed by atoms with E-state index in [1.165, 1.54) is 12.8 Å². The highest BCUT2D eigenvalue weighted by molar-refractivity contribution is 4.38. The molecule has 0 aromatic heterocycles. The minimum absolute atomic E-state index is 0.563. The molecule has 0 saturated heterocycles. The molecule has 0 aromatic carbocycles. The molecule has 0 fully saturated rings. The molecule has 152 valence electrons. The van der Waals surface area contributed by atoms with Crippen LogP contribution >= 0.6 is 0 Å². The molecule has 7 heteroatoms. The van der Waals surface area contributed by atoms with Crippen molar-refractivity contribution < 1.29 is 33.2 Å². The first kappa shape index (κ1) is 24.7. The first-order chi connectivity index (χ1) is 12.4. The topological polar surface area (TPSA) is 64.6 Å². The average Bonchev–Trinajstić information content (AvgIpc) is 2.63. The van der Waals surface area contributed by atoms with Crippen molar-refractivity contribution in [3.05, 3.63) is 0 Å². The second-order valence-corrected chi connectivity index (χ2v) is 5.37. The van der Waals surface area contributed by atoms with E-state index in [9.17, 15) is 0 Å².